The van der Waals surface area contributed by atoms with Crippen LogP contribution in [0.2, 0.25) is 0 Å². The molecule has 1 aliphatic heterocycles. The highest BCUT2D eigenvalue weighted by Crippen LogP contribution is 2.30. The van der Waals surface area contributed by atoms with Crippen molar-refractivity contribution in [3.8, 4) is 0 Å². The number of ether oxygens (including phenoxy) is 1. The van der Waals surface area contributed by atoms with Crippen molar-refractivity contribution in [3.63, 3.8) is 0 Å². The van der Waals surface area contributed by atoms with Crippen molar-refractivity contribution in [2.24, 2.45) is 10.7 Å². The molecule has 3 rings (SSSR count). The lowest BCUT2D eigenvalue weighted by Crippen LogP contribution is -2.32. The molecular weight excluding hydrogens is 340 g/mol. The number of primary amides is 1. The van der Waals surface area contributed by atoms with E-state index in [2.05, 4.69) is 30.3 Å². The largest absolute Gasteiger partial charge is 0.434 e. The molecule has 0 aliphatic carbocycles. The fraction of sp³-hybridized carbons (Fsp3) is 0.471. The first kappa shape index (κ1) is 17.5. The molecule has 1 fully saturated rings. The molecule has 1 saturated heterocycles. The van der Waals surface area contributed by atoms with Crippen molar-refractivity contribution in [3.05, 3.63) is 23.0 Å². The van der Waals surface area contributed by atoms with E-state index < -0.39 is 18.1 Å². The number of nitrogens with zero attached hydrogens (tertiary/aromatic N) is 3. The van der Waals surface area contributed by atoms with Gasteiger partial charge in [0.25, 0.3) is 5.91 Å². The Morgan fingerprint density at radius 3 is 2.72 bits per heavy atom. The number of hydrogen-bond donors (Lipinski definition) is 1. The van der Waals surface area contributed by atoms with Crippen molar-refractivity contribution < 1.29 is 14.3 Å². The Balaban J connectivity index is 2.09. The second kappa shape index (κ2) is 6.18. The normalized spacial score (nSPS) is 18.9. The third-order valence-electron chi connectivity index (χ3n) is 3.98. The molecule has 0 spiro atoms. The van der Waals surface area contributed by atoms with Crippen molar-refractivity contribution in [2.75, 3.05) is 18.0 Å². The maximum Gasteiger partial charge on any atom is 0.415 e. The van der Waals surface area contributed by atoms with E-state index in [-0.39, 0.29) is 12.1 Å². The van der Waals surface area contributed by atoms with E-state index in [9.17, 15) is 9.59 Å². The topological polar surface area (TPSA) is 89.9 Å². The summed E-state index contributed by atoms with van der Waals surface area (Å²) in [6, 6.07) is 5.77. The number of carbonyl (C=O) groups is 2. The number of rotatable bonds is 3. The molecule has 2 heterocycles. The monoisotopic (exact) mass is 362 g/mol. The molecule has 25 heavy (non-hydrogen) atoms. The number of carbonyl (C=O) groups excluding carboxylic acids is 2. The van der Waals surface area contributed by atoms with E-state index in [0.29, 0.717) is 12.2 Å². The molecule has 0 saturated carbocycles. The first-order chi connectivity index (χ1) is 11.7. The molecule has 7 nitrogen and oxygen atoms in total. The summed E-state index contributed by atoms with van der Waals surface area (Å²) in [4.78, 5) is 30.3. The summed E-state index contributed by atoms with van der Waals surface area (Å²) < 4.78 is 8.24. The molecule has 1 atom stereocenters. The smallest absolute Gasteiger partial charge is 0.415 e. The van der Waals surface area contributed by atoms with Gasteiger partial charge < -0.3 is 15.0 Å². The Bertz CT molecular complexity index is 907. The van der Waals surface area contributed by atoms with Crippen molar-refractivity contribution in [1.82, 2.24) is 4.57 Å². The van der Waals surface area contributed by atoms with Crippen LogP contribution in [0.3, 0.4) is 0 Å². The minimum absolute atomic E-state index is 0.114. The number of aromatic nitrogens is 1. The number of cyclic esters (lactones) is 1. The van der Waals surface area contributed by atoms with Crippen LogP contribution in [0.25, 0.3) is 10.2 Å². The first-order valence-electron chi connectivity index (χ1n) is 8.16. The summed E-state index contributed by atoms with van der Waals surface area (Å²) in [5.41, 5.74) is 6.87. The van der Waals surface area contributed by atoms with Gasteiger partial charge in [-0.1, -0.05) is 11.3 Å². The maximum absolute atomic E-state index is 12.0. The van der Waals surface area contributed by atoms with Gasteiger partial charge >= 0.3 is 6.09 Å². The van der Waals surface area contributed by atoms with Gasteiger partial charge in [-0.2, -0.15) is 0 Å². The van der Waals surface area contributed by atoms with Crippen LogP contribution in [0.1, 0.15) is 27.7 Å². The third-order valence-corrected chi connectivity index (χ3v) is 5.02. The van der Waals surface area contributed by atoms with Gasteiger partial charge in [0.05, 0.1) is 16.8 Å². The summed E-state index contributed by atoms with van der Waals surface area (Å²) >= 11 is 1.58. The van der Waals surface area contributed by atoms with Crippen LogP contribution in [0.4, 0.5) is 10.5 Å². The Kier molecular flexibility index (Phi) is 4.32. The van der Waals surface area contributed by atoms with Gasteiger partial charge in [0.1, 0.15) is 0 Å². The van der Waals surface area contributed by atoms with E-state index >= 15 is 0 Å². The number of fused-ring (bicyclic) bond motifs is 1. The zero-order valence-electron chi connectivity index (χ0n) is 14.8. The molecule has 1 aliphatic rings. The second-order valence-corrected chi connectivity index (χ2v) is 7.91. The molecule has 2 amide bonds. The number of benzene rings is 1. The average molecular weight is 362 g/mol. The van der Waals surface area contributed by atoms with Crippen LogP contribution in [0, 0.1) is 0 Å². The van der Waals surface area contributed by atoms with Crippen LogP contribution in [-0.2, 0) is 15.1 Å². The van der Waals surface area contributed by atoms with Crippen molar-refractivity contribution >= 4 is 39.2 Å². The Morgan fingerprint density at radius 1 is 1.44 bits per heavy atom. The van der Waals surface area contributed by atoms with Crippen LogP contribution in [-0.4, -0.2) is 35.8 Å². The number of amides is 2. The van der Waals surface area contributed by atoms with E-state index in [4.69, 9.17) is 10.5 Å². The second-order valence-electron chi connectivity index (χ2n) is 6.90. The molecule has 0 radical (unpaired) electrons. The Labute approximate surface area is 149 Å². The fourth-order valence-corrected chi connectivity index (χ4v) is 4.19. The minimum Gasteiger partial charge on any atom is -0.434 e. The number of anilines is 1. The SMILES string of the molecule is CC/N=c1\sc2cc(N3C[C@H](C(N)=O)OC3=O)ccc2n1C(C)(C)C. The molecule has 2 N–H and O–H groups in total. The highest BCUT2D eigenvalue weighted by atomic mass is 32.1. The summed E-state index contributed by atoms with van der Waals surface area (Å²) in [7, 11) is 0. The molecular formula is C17H22N4O3S. The lowest BCUT2D eigenvalue weighted by atomic mass is 10.1. The number of nitrogens with two attached hydrogens (primary N) is 1. The summed E-state index contributed by atoms with van der Waals surface area (Å²) in [6.07, 6.45) is -1.46. The average Bonchev–Trinajstić information content (AvgIpc) is 3.06. The molecule has 1 aromatic heterocycles. The van der Waals surface area contributed by atoms with E-state index in [0.717, 1.165) is 15.0 Å². The van der Waals surface area contributed by atoms with Crippen LogP contribution < -0.4 is 15.4 Å². The number of hydrogen-bond acceptors (Lipinski definition) is 5. The summed E-state index contributed by atoms with van der Waals surface area (Å²) in [6.45, 7) is 9.25. The highest BCUT2D eigenvalue weighted by molar-refractivity contribution is 7.16. The zero-order valence-corrected chi connectivity index (χ0v) is 15.6. The van der Waals surface area contributed by atoms with Gasteiger partial charge in [-0.3, -0.25) is 14.7 Å². The fourth-order valence-electron chi connectivity index (χ4n) is 2.89. The maximum atomic E-state index is 12.0. The summed E-state index contributed by atoms with van der Waals surface area (Å²) in [5, 5.41) is 0. The highest BCUT2D eigenvalue weighted by Gasteiger charge is 2.36. The number of thiazole rings is 1. The van der Waals surface area contributed by atoms with E-state index in [1.165, 1.54) is 4.90 Å². The van der Waals surface area contributed by atoms with Gasteiger partial charge in [0.15, 0.2) is 10.9 Å². The van der Waals surface area contributed by atoms with Gasteiger partial charge in [-0.05, 0) is 45.9 Å². The van der Waals surface area contributed by atoms with E-state index in [1.54, 1.807) is 11.3 Å². The molecule has 0 unspecified atom stereocenters. The summed E-state index contributed by atoms with van der Waals surface area (Å²) in [5.74, 6) is -0.636. The Morgan fingerprint density at radius 2 is 2.16 bits per heavy atom. The Hall–Kier alpha value is -2.35. The van der Waals surface area contributed by atoms with Crippen molar-refractivity contribution in [2.45, 2.75) is 39.3 Å². The van der Waals surface area contributed by atoms with Gasteiger partial charge in [-0.15, -0.1) is 0 Å². The van der Waals surface area contributed by atoms with E-state index in [1.807, 2.05) is 25.1 Å². The van der Waals surface area contributed by atoms with Crippen LogP contribution >= 0.6 is 11.3 Å². The van der Waals surface area contributed by atoms with Crippen molar-refractivity contribution in [1.29, 1.82) is 0 Å². The van der Waals surface area contributed by atoms with Gasteiger partial charge in [0.2, 0.25) is 0 Å². The predicted molar refractivity (Wildman–Crippen MR) is 97.7 cm³/mol. The zero-order chi connectivity index (χ0) is 18.4. The van der Waals surface area contributed by atoms with Gasteiger partial charge in [-0.25, -0.2) is 4.79 Å². The molecule has 0 bridgehead atoms. The lowest BCUT2D eigenvalue weighted by Gasteiger charge is -2.22. The lowest BCUT2D eigenvalue weighted by molar-refractivity contribution is -0.124. The molecule has 8 heteroatoms. The minimum atomic E-state index is -0.906. The standard InChI is InChI=1S/C17H22N4O3S/c1-5-19-15-21(17(2,3)4)11-7-6-10(8-13(11)25-15)20-9-12(14(18)22)24-16(20)23/h6-8,12H,5,9H2,1-4H3,(H2,18,22)/b19-15-/t12-/m1/s1. The predicted octanol–water partition coefficient (Wildman–Crippen LogP) is 2.19. The van der Waals surface area contributed by atoms with Crippen LogP contribution in [0.5, 0.6) is 0 Å². The van der Waals surface area contributed by atoms with Crippen LogP contribution in [0.15, 0.2) is 23.2 Å². The quantitative estimate of drug-likeness (QED) is 0.907. The van der Waals surface area contributed by atoms with Gasteiger partial charge in [0, 0.05) is 17.8 Å². The molecule has 1 aromatic carbocycles. The molecule has 2 aromatic rings. The first-order valence-corrected chi connectivity index (χ1v) is 8.98. The third kappa shape index (κ3) is 3.13. The molecule has 134 valence electrons.